The van der Waals surface area contributed by atoms with Crippen LogP contribution in [0.3, 0.4) is 0 Å². The number of para-hydroxylation sites is 2. The van der Waals surface area contributed by atoms with Crippen LogP contribution >= 0.6 is 0 Å². The van der Waals surface area contributed by atoms with E-state index in [1.807, 2.05) is 109 Å². The second-order valence-electron chi connectivity index (χ2n) is 8.74. The first-order valence-electron chi connectivity index (χ1n) is 12.3. The molecular weight excluding hydrogens is 528 g/mol. The van der Waals surface area contributed by atoms with E-state index in [9.17, 15) is 10.5 Å². The summed E-state index contributed by atoms with van der Waals surface area (Å²) in [5.74, 6) is 0.624. The van der Waals surface area contributed by atoms with Gasteiger partial charge in [0.2, 0.25) is 0 Å². The molecule has 0 saturated carbocycles. The minimum atomic E-state index is -0.0938. The number of hydrogen-bond donors (Lipinski definition) is 3. The van der Waals surface area contributed by atoms with E-state index in [1.54, 1.807) is 0 Å². The molecule has 2 heterocycles. The van der Waals surface area contributed by atoms with Crippen molar-refractivity contribution in [2.24, 2.45) is 5.73 Å². The number of nitriles is 2. The van der Waals surface area contributed by atoms with Gasteiger partial charge in [0.05, 0.1) is 17.2 Å². The third kappa shape index (κ3) is 6.81. The van der Waals surface area contributed by atoms with Crippen LogP contribution in [0, 0.1) is 34.5 Å². The first kappa shape index (κ1) is 33.2. The molecule has 1 atom stereocenters. The van der Waals surface area contributed by atoms with E-state index in [2.05, 4.69) is 22.4 Å². The van der Waals surface area contributed by atoms with Crippen LogP contribution in [0.1, 0.15) is 22.6 Å². The Morgan fingerprint density at radius 1 is 0.738 bits per heavy atom. The molecule has 0 amide bonds. The van der Waals surface area contributed by atoms with Crippen LogP contribution in [-0.4, -0.2) is 13.4 Å². The molecule has 5 N–H and O–H groups in total. The normalized spacial score (nSPS) is 12.5. The first-order valence-corrected chi connectivity index (χ1v) is 12.3. The number of nitrogen functional groups attached to an aromatic ring is 1. The summed E-state index contributed by atoms with van der Waals surface area (Å²) in [4.78, 5) is 4.29. The van der Waals surface area contributed by atoms with Crippen molar-refractivity contribution in [3.05, 3.63) is 144 Å². The summed E-state index contributed by atoms with van der Waals surface area (Å²) in [6, 6.07) is 39.8. The molecule has 1 aliphatic heterocycles. The largest absolute Gasteiger partial charge is 1.00 e. The topological polar surface area (TPSA) is 148 Å². The van der Waals surface area contributed by atoms with Crippen molar-refractivity contribution in [2.75, 3.05) is 11.1 Å². The Bertz CT molecular complexity index is 1790. The van der Waals surface area contributed by atoms with Gasteiger partial charge in [0.1, 0.15) is 23.3 Å². The van der Waals surface area contributed by atoms with Crippen molar-refractivity contribution in [2.45, 2.75) is 5.92 Å². The van der Waals surface area contributed by atoms with Crippen molar-refractivity contribution in [3.63, 3.8) is 0 Å². The molecule has 42 heavy (non-hydrogen) atoms. The molecule has 9 heteroatoms. The molecule has 0 aliphatic carbocycles. The summed E-state index contributed by atoms with van der Waals surface area (Å²) >= 11 is 0. The Hall–Kier alpha value is -5.04. The van der Waals surface area contributed by atoms with Crippen LogP contribution in [0.2, 0.25) is 0 Å². The first-order chi connectivity index (χ1) is 19.6. The molecule has 0 saturated heterocycles. The van der Waals surface area contributed by atoms with E-state index < -0.39 is 0 Å². The quantitative estimate of drug-likeness (QED) is 0.225. The molecule has 0 bridgehead atoms. The second-order valence-corrected chi connectivity index (χ2v) is 8.74. The Morgan fingerprint density at radius 3 is 1.95 bits per heavy atom. The Kier molecular flexibility index (Phi) is 12.4. The number of hydrogen-bond acceptors (Lipinski definition) is 7. The number of nitrogens with one attached hydrogen (secondary N) is 1. The fourth-order valence-corrected chi connectivity index (χ4v) is 4.75. The monoisotopic (exact) mass is 552 g/mol. The maximum Gasteiger partial charge on any atom is 1.00 e. The van der Waals surface area contributed by atoms with Gasteiger partial charge in [0.25, 0.3) is 0 Å². The van der Waals surface area contributed by atoms with Crippen molar-refractivity contribution < 1.29 is 29.6 Å². The van der Waals surface area contributed by atoms with Crippen LogP contribution in [0.4, 0.5) is 11.5 Å². The van der Waals surface area contributed by atoms with Gasteiger partial charge < -0.3 is 28.6 Å². The van der Waals surface area contributed by atoms with Gasteiger partial charge in [-0.15, -0.1) is 0 Å². The van der Waals surface area contributed by atoms with E-state index in [4.69, 9.17) is 23.3 Å². The summed E-state index contributed by atoms with van der Waals surface area (Å²) in [7, 11) is 0. The van der Waals surface area contributed by atoms with Crippen LogP contribution < -0.4 is 46.3 Å². The molecule has 5 aromatic rings. The number of pyridine rings is 1. The second kappa shape index (κ2) is 15.7. The molecule has 0 spiro atoms. The molecule has 1 unspecified atom stereocenters. The molecule has 6 rings (SSSR count). The summed E-state index contributed by atoms with van der Waals surface area (Å²) in [6.07, 6.45) is 0. The van der Waals surface area contributed by atoms with Crippen LogP contribution in [0.15, 0.2) is 121 Å². The SMILES string of the molecule is N#CC1=C(N)Nc2ccccc2C1c1ccccc1.N#Cc1c(N)nc2ccccc2c1-c1ccccc1.[B].[C-]#N.[Na+]. The van der Waals surface area contributed by atoms with Gasteiger partial charge in [-0.2, -0.15) is 10.5 Å². The molecule has 3 radical (unpaired) electrons. The average molecular weight is 552 g/mol. The van der Waals surface area contributed by atoms with E-state index in [-0.39, 0.29) is 49.7 Å². The predicted molar refractivity (Wildman–Crippen MR) is 162 cm³/mol. The molecule has 1 aromatic heterocycles. The summed E-state index contributed by atoms with van der Waals surface area (Å²) < 4.78 is 0. The van der Waals surface area contributed by atoms with Gasteiger partial charge in [-0.1, -0.05) is 97.1 Å². The summed E-state index contributed by atoms with van der Waals surface area (Å²) in [6.45, 7) is 4.75. The minimum absolute atomic E-state index is 0. The predicted octanol–water partition coefficient (Wildman–Crippen LogP) is 3.01. The number of fused-ring (bicyclic) bond motifs is 2. The maximum absolute atomic E-state index is 9.39. The number of allylic oxidation sites excluding steroid dienone is 1. The molecule has 195 valence electrons. The Labute approximate surface area is 269 Å². The van der Waals surface area contributed by atoms with Gasteiger partial charge in [-0.05, 0) is 28.8 Å². The van der Waals surface area contributed by atoms with Crippen molar-refractivity contribution in [1.29, 1.82) is 15.8 Å². The average Bonchev–Trinajstić information content (AvgIpc) is 3.02. The molecule has 0 fully saturated rings. The van der Waals surface area contributed by atoms with Crippen molar-refractivity contribution in [1.82, 2.24) is 4.98 Å². The molecular formula is C33H24BN7Na. The number of rotatable bonds is 2. The third-order valence-corrected chi connectivity index (χ3v) is 6.47. The summed E-state index contributed by atoms with van der Waals surface area (Å²) in [5.41, 5.74) is 18.6. The fraction of sp³-hybridized carbons (Fsp3) is 0.0303. The van der Waals surface area contributed by atoms with Gasteiger partial charge >= 0.3 is 29.6 Å². The van der Waals surface area contributed by atoms with Crippen molar-refractivity contribution in [3.8, 4) is 23.3 Å². The standard InChI is InChI=1S/C16H13N3.C16H11N3.CN.B.Na/c2*17-10-13-15(11-6-2-1-3-7-11)12-8-4-5-9-14(12)19-16(13)18;1-2;;/h1-9,15,19H,18H2;1-9H,(H2,18,19);;;/q;;-1;;+1. The molecule has 1 aliphatic rings. The Balaban J connectivity index is 0.000000265. The Morgan fingerprint density at radius 2 is 1.31 bits per heavy atom. The number of aromatic nitrogens is 1. The maximum atomic E-state index is 9.39. The van der Waals surface area contributed by atoms with E-state index in [1.165, 1.54) is 0 Å². The smallest absolute Gasteiger partial charge is 0.512 e. The molecule has 4 aromatic carbocycles. The van der Waals surface area contributed by atoms with Crippen LogP contribution in [-0.2, 0) is 0 Å². The van der Waals surface area contributed by atoms with Gasteiger partial charge in [-0.3, -0.25) is 0 Å². The van der Waals surface area contributed by atoms with Crippen molar-refractivity contribution >= 4 is 30.8 Å². The zero-order valence-electron chi connectivity index (χ0n) is 23.0. The van der Waals surface area contributed by atoms with E-state index in [0.29, 0.717) is 17.0 Å². The summed E-state index contributed by atoms with van der Waals surface area (Å²) in [5, 5.41) is 29.0. The number of nitrogens with zero attached hydrogens (tertiary/aromatic N) is 4. The number of nitrogens with two attached hydrogens (primary N) is 2. The minimum Gasteiger partial charge on any atom is -0.512 e. The van der Waals surface area contributed by atoms with Crippen LogP contribution in [0.25, 0.3) is 22.0 Å². The van der Waals surface area contributed by atoms with Gasteiger partial charge in [0.15, 0.2) is 0 Å². The van der Waals surface area contributed by atoms with Gasteiger partial charge in [-0.25, -0.2) is 4.98 Å². The van der Waals surface area contributed by atoms with E-state index in [0.717, 1.165) is 38.8 Å². The van der Waals surface area contributed by atoms with Gasteiger partial charge in [0, 0.05) is 31.0 Å². The fourth-order valence-electron chi connectivity index (χ4n) is 4.75. The van der Waals surface area contributed by atoms with Crippen LogP contribution in [0.5, 0.6) is 0 Å². The zero-order chi connectivity index (χ0) is 28.5. The zero-order valence-corrected chi connectivity index (χ0v) is 25.0. The third-order valence-electron chi connectivity index (χ3n) is 6.47. The number of anilines is 2. The van der Waals surface area contributed by atoms with E-state index >= 15 is 0 Å². The number of benzene rings is 4. The molecule has 7 nitrogen and oxygen atoms in total.